The van der Waals surface area contributed by atoms with E-state index in [9.17, 15) is 4.79 Å². The summed E-state index contributed by atoms with van der Waals surface area (Å²) in [4.78, 5) is 18.2. The van der Waals surface area contributed by atoms with Gasteiger partial charge >= 0.3 is 5.97 Å². The van der Waals surface area contributed by atoms with Gasteiger partial charge in [-0.1, -0.05) is 19.1 Å². The molecule has 0 saturated carbocycles. The van der Waals surface area contributed by atoms with E-state index >= 15 is 0 Å². The molecule has 7 nitrogen and oxygen atoms in total. The van der Waals surface area contributed by atoms with Crippen molar-refractivity contribution in [2.75, 3.05) is 32.1 Å². The van der Waals surface area contributed by atoms with E-state index in [2.05, 4.69) is 27.3 Å². The van der Waals surface area contributed by atoms with Crippen LogP contribution in [-0.4, -0.2) is 48.4 Å². The highest BCUT2D eigenvalue weighted by Crippen LogP contribution is 2.25. The second-order valence-corrected chi connectivity index (χ2v) is 6.17. The Morgan fingerprint density at radius 2 is 1.75 bits per heavy atom. The maximum absolute atomic E-state index is 11.8. The summed E-state index contributed by atoms with van der Waals surface area (Å²) in [5.74, 6) is -0.408. The van der Waals surface area contributed by atoms with Crippen LogP contribution >= 0.6 is 0 Å². The minimum Gasteiger partial charge on any atom is -0.461 e. The highest BCUT2D eigenvalue weighted by molar-refractivity contribution is 5.88. The Morgan fingerprint density at radius 1 is 1.07 bits per heavy atom. The largest absolute Gasteiger partial charge is 0.461 e. The number of nitrogens with two attached hydrogens (primary N) is 1. The summed E-state index contributed by atoms with van der Waals surface area (Å²) in [5, 5.41) is 6.92. The van der Waals surface area contributed by atoms with Crippen molar-refractivity contribution >= 4 is 11.7 Å². The van der Waals surface area contributed by atoms with Crippen molar-refractivity contribution in [1.29, 1.82) is 0 Å². The standard InChI is InChI=1S/C19H20N4O2.C2H7N/c1-4-25-19(24)18-12-17(21-22-18)14-9-10-20-16(11-14)13-5-7-15(8-6-13)23(2)3;1-2-3/h5-12H,4H2,1-3H3,(H,21,22);2-3H2,1H3. The Labute approximate surface area is 165 Å². The lowest BCUT2D eigenvalue weighted by Gasteiger charge is -2.12. The Kier molecular flexibility index (Phi) is 7.71. The number of hydrogen-bond donors (Lipinski definition) is 2. The van der Waals surface area contributed by atoms with Crippen molar-refractivity contribution in [1.82, 2.24) is 15.2 Å². The molecule has 0 bridgehead atoms. The third-order valence-corrected chi connectivity index (χ3v) is 3.81. The number of rotatable bonds is 5. The lowest BCUT2D eigenvalue weighted by molar-refractivity contribution is 0.0519. The summed E-state index contributed by atoms with van der Waals surface area (Å²) in [6.45, 7) is 4.75. The number of hydrogen-bond acceptors (Lipinski definition) is 6. The molecule has 1 aromatic carbocycles. The number of H-pyrrole nitrogens is 1. The van der Waals surface area contributed by atoms with Crippen LogP contribution in [0, 0.1) is 0 Å². The van der Waals surface area contributed by atoms with Crippen LogP contribution in [-0.2, 0) is 4.74 Å². The Bertz CT molecular complexity index is 888. The Hall–Kier alpha value is -3.19. The van der Waals surface area contributed by atoms with Gasteiger partial charge in [0, 0.05) is 37.1 Å². The monoisotopic (exact) mass is 381 g/mol. The number of esters is 1. The number of carbonyl (C=O) groups excluding carboxylic acids is 1. The molecule has 2 aromatic heterocycles. The molecule has 0 fully saturated rings. The van der Waals surface area contributed by atoms with E-state index in [0.717, 1.165) is 29.1 Å². The van der Waals surface area contributed by atoms with Gasteiger partial charge in [0.05, 0.1) is 18.0 Å². The van der Waals surface area contributed by atoms with Crippen molar-refractivity contribution in [2.45, 2.75) is 13.8 Å². The van der Waals surface area contributed by atoms with Gasteiger partial charge in [-0.3, -0.25) is 10.1 Å². The first-order valence-corrected chi connectivity index (χ1v) is 9.16. The summed E-state index contributed by atoms with van der Waals surface area (Å²) < 4.78 is 4.97. The van der Waals surface area contributed by atoms with Crippen molar-refractivity contribution in [3.8, 4) is 22.5 Å². The van der Waals surface area contributed by atoms with Crippen molar-refractivity contribution < 1.29 is 9.53 Å². The molecule has 2 heterocycles. The highest BCUT2D eigenvalue weighted by Gasteiger charge is 2.12. The molecule has 0 aliphatic rings. The van der Waals surface area contributed by atoms with Crippen LogP contribution in [0.5, 0.6) is 0 Å². The predicted octanol–water partition coefficient (Wildman–Crippen LogP) is 3.35. The van der Waals surface area contributed by atoms with Gasteiger partial charge in [0.2, 0.25) is 0 Å². The average molecular weight is 381 g/mol. The zero-order chi connectivity index (χ0) is 20.5. The van der Waals surface area contributed by atoms with Crippen LogP contribution in [0.3, 0.4) is 0 Å². The van der Waals surface area contributed by atoms with Crippen LogP contribution < -0.4 is 10.6 Å². The molecule has 0 atom stereocenters. The molecule has 0 unspecified atom stereocenters. The molecular formula is C21H27N5O2. The number of nitrogens with one attached hydrogen (secondary N) is 1. The first kappa shape index (κ1) is 21.1. The van der Waals surface area contributed by atoms with Gasteiger partial charge in [-0.2, -0.15) is 5.10 Å². The van der Waals surface area contributed by atoms with E-state index in [-0.39, 0.29) is 0 Å². The fraction of sp³-hybridized carbons (Fsp3) is 0.286. The van der Waals surface area contributed by atoms with E-state index in [0.29, 0.717) is 18.0 Å². The quantitative estimate of drug-likeness (QED) is 0.658. The molecule has 3 aromatic rings. The van der Waals surface area contributed by atoms with E-state index in [1.54, 1.807) is 19.2 Å². The van der Waals surface area contributed by atoms with Crippen LogP contribution in [0.1, 0.15) is 24.3 Å². The SMILES string of the molecule is CCN.CCOC(=O)c1cc(-c2ccnc(-c3ccc(N(C)C)cc3)c2)n[nH]1. The Balaban J connectivity index is 0.000000878. The van der Waals surface area contributed by atoms with Crippen molar-refractivity contribution in [3.63, 3.8) is 0 Å². The van der Waals surface area contributed by atoms with Gasteiger partial charge < -0.3 is 15.4 Å². The van der Waals surface area contributed by atoms with E-state index < -0.39 is 5.97 Å². The van der Waals surface area contributed by atoms with Gasteiger partial charge in [0.15, 0.2) is 0 Å². The zero-order valence-corrected chi connectivity index (χ0v) is 16.8. The molecule has 3 N–H and O–H groups in total. The summed E-state index contributed by atoms with van der Waals surface area (Å²) in [6, 6.07) is 13.7. The van der Waals surface area contributed by atoms with Crippen LogP contribution in [0.2, 0.25) is 0 Å². The highest BCUT2D eigenvalue weighted by atomic mass is 16.5. The molecule has 3 rings (SSSR count). The number of pyridine rings is 1. The fourth-order valence-corrected chi connectivity index (χ4v) is 2.46. The second kappa shape index (κ2) is 10.2. The maximum Gasteiger partial charge on any atom is 0.356 e. The smallest absolute Gasteiger partial charge is 0.356 e. The van der Waals surface area contributed by atoms with Crippen LogP contribution in [0.25, 0.3) is 22.5 Å². The summed E-state index contributed by atoms with van der Waals surface area (Å²) in [7, 11) is 4.01. The molecule has 28 heavy (non-hydrogen) atoms. The predicted molar refractivity (Wildman–Crippen MR) is 112 cm³/mol. The number of aromatic nitrogens is 3. The lowest BCUT2D eigenvalue weighted by Crippen LogP contribution is -2.07. The molecule has 7 heteroatoms. The van der Waals surface area contributed by atoms with E-state index in [4.69, 9.17) is 10.5 Å². The Morgan fingerprint density at radius 3 is 2.36 bits per heavy atom. The van der Waals surface area contributed by atoms with Gasteiger partial charge in [-0.25, -0.2) is 4.79 Å². The van der Waals surface area contributed by atoms with Gasteiger partial charge in [-0.15, -0.1) is 0 Å². The molecule has 0 spiro atoms. The minimum absolute atomic E-state index is 0.329. The number of nitrogens with zero attached hydrogens (tertiary/aromatic N) is 3. The van der Waals surface area contributed by atoms with Crippen LogP contribution in [0.4, 0.5) is 5.69 Å². The molecule has 0 saturated heterocycles. The topological polar surface area (TPSA) is 97.1 Å². The zero-order valence-electron chi connectivity index (χ0n) is 16.8. The third kappa shape index (κ3) is 5.40. The maximum atomic E-state index is 11.8. The summed E-state index contributed by atoms with van der Waals surface area (Å²) >= 11 is 0. The molecule has 0 radical (unpaired) electrons. The van der Waals surface area contributed by atoms with Crippen molar-refractivity contribution in [2.24, 2.45) is 5.73 Å². The number of benzene rings is 1. The first-order valence-electron chi connectivity index (χ1n) is 9.16. The normalized spacial score (nSPS) is 10.0. The second-order valence-electron chi connectivity index (χ2n) is 6.17. The van der Waals surface area contributed by atoms with Crippen LogP contribution in [0.15, 0.2) is 48.7 Å². The fourth-order valence-electron chi connectivity index (χ4n) is 2.46. The molecule has 0 aliphatic heterocycles. The van der Waals surface area contributed by atoms with Crippen molar-refractivity contribution in [3.05, 3.63) is 54.4 Å². The molecule has 0 amide bonds. The summed E-state index contributed by atoms with van der Waals surface area (Å²) in [6.07, 6.45) is 1.74. The number of anilines is 1. The number of carbonyl (C=O) groups is 1. The minimum atomic E-state index is -0.408. The lowest BCUT2D eigenvalue weighted by atomic mass is 10.1. The molecule has 0 aliphatic carbocycles. The number of ether oxygens (including phenoxy) is 1. The molecular weight excluding hydrogens is 354 g/mol. The summed E-state index contributed by atoms with van der Waals surface area (Å²) in [5.41, 5.74) is 9.75. The van der Waals surface area contributed by atoms with E-state index in [1.165, 1.54) is 0 Å². The van der Waals surface area contributed by atoms with Gasteiger partial charge in [-0.05, 0) is 43.8 Å². The first-order chi connectivity index (χ1) is 13.5. The molecule has 148 valence electrons. The van der Waals surface area contributed by atoms with Gasteiger partial charge in [0.1, 0.15) is 5.69 Å². The average Bonchev–Trinajstić information content (AvgIpc) is 3.19. The van der Waals surface area contributed by atoms with E-state index in [1.807, 2.05) is 50.2 Å². The third-order valence-electron chi connectivity index (χ3n) is 3.81. The number of aromatic amines is 1. The van der Waals surface area contributed by atoms with Gasteiger partial charge in [0.25, 0.3) is 0 Å².